The van der Waals surface area contributed by atoms with Crippen LogP contribution in [0, 0.1) is 0 Å². The molecular formula is C8H12N4. The molecule has 1 aliphatic rings. The van der Waals surface area contributed by atoms with E-state index in [0.717, 1.165) is 25.2 Å². The van der Waals surface area contributed by atoms with E-state index in [-0.39, 0.29) is 0 Å². The number of hydrogen-bond acceptors (Lipinski definition) is 4. The van der Waals surface area contributed by atoms with Gasteiger partial charge >= 0.3 is 0 Å². The van der Waals surface area contributed by atoms with Crippen molar-refractivity contribution in [3.63, 3.8) is 0 Å². The Labute approximate surface area is 71.4 Å². The van der Waals surface area contributed by atoms with Gasteiger partial charge in [-0.1, -0.05) is 0 Å². The van der Waals surface area contributed by atoms with E-state index in [9.17, 15) is 0 Å². The molecule has 0 aromatic carbocycles. The highest BCUT2D eigenvalue weighted by atomic mass is 15.2. The van der Waals surface area contributed by atoms with Gasteiger partial charge in [-0.25, -0.2) is 0 Å². The fourth-order valence-corrected chi connectivity index (χ4v) is 1.49. The van der Waals surface area contributed by atoms with Crippen LogP contribution in [0.15, 0.2) is 18.5 Å². The molecule has 0 saturated carbocycles. The van der Waals surface area contributed by atoms with Crippen molar-refractivity contribution in [3.05, 3.63) is 18.5 Å². The third-order valence-corrected chi connectivity index (χ3v) is 2.16. The lowest BCUT2D eigenvalue weighted by molar-refractivity contribution is 0.752. The van der Waals surface area contributed by atoms with Crippen LogP contribution in [0.2, 0.25) is 0 Å². The van der Waals surface area contributed by atoms with Gasteiger partial charge in [0.2, 0.25) is 0 Å². The van der Waals surface area contributed by atoms with Gasteiger partial charge in [-0.05, 0) is 12.5 Å². The molecule has 4 heteroatoms. The van der Waals surface area contributed by atoms with Crippen molar-refractivity contribution in [1.82, 2.24) is 10.2 Å². The zero-order chi connectivity index (χ0) is 8.39. The summed E-state index contributed by atoms with van der Waals surface area (Å²) < 4.78 is 0. The Balaban J connectivity index is 2.11. The van der Waals surface area contributed by atoms with E-state index in [1.807, 2.05) is 6.07 Å². The van der Waals surface area contributed by atoms with Gasteiger partial charge in [-0.15, -0.1) is 0 Å². The van der Waals surface area contributed by atoms with E-state index >= 15 is 0 Å². The van der Waals surface area contributed by atoms with E-state index in [1.165, 1.54) is 0 Å². The molecule has 0 radical (unpaired) electrons. The molecule has 1 saturated heterocycles. The standard InChI is InChI=1S/C8H12N4/c9-7-2-4-12(6-7)8-1-3-10-11-5-8/h1,3,5,7H,2,4,6,9H2/t7-/m1/s1. The summed E-state index contributed by atoms with van der Waals surface area (Å²) in [5, 5.41) is 7.55. The summed E-state index contributed by atoms with van der Waals surface area (Å²) in [6, 6.07) is 2.28. The summed E-state index contributed by atoms with van der Waals surface area (Å²) in [6.07, 6.45) is 4.56. The Morgan fingerprint density at radius 3 is 3.00 bits per heavy atom. The maximum absolute atomic E-state index is 5.78. The van der Waals surface area contributed by atoms with E-state index < -0.39 is 0 Å². The van der Waals surface area contributed by atoms with Gasteiger partial charge in [0.05, 0.1) is 18.1 Å². The number of nitrogens with zero attached hydrogens (tertiary/aromatic N) is 3. The first kappa shape index (κ1) is 7.49. The molecule has 0 amide bonds. The summed E-state index contributed by atoms with van der Waals surface area (Å²) in [7, 11) is 0. The molecule has 0 spiro atoms. The third-order valence-electron chi connectivity index (χ3n) is 2.16. The van der Waals surface area contributed by atoms with E-state index in [4.69, 9.17) is 5.73 Å². The number of nitrogens with two attached hydrogens (primary N) is 1. The third kappa shape index (κ3) is 1.38. The normalized spacial score (nSPS) is 23.1. The lowest BCUT2D eigenvalue weighted by atomic mass is 10.3. The second kappa shape index (κ2) is 3.06. The largest absolute Gasteiger partial charge is 0.369 e. The van der Waals surface area contributed by atoms with Crippen LogP contribution in [0.4, 0.5) is 5.69 Å². The first-order chi connectivity index (χ1) is 5.86. The van der Waals surface area contributed by atoms with Crippen molar-refractivity contribution in [2.24, 2.45) is 5.73 Å². The van der Waals surface area contributed by atoms with Crippen LogP contribution in [0.5, 0.6) is 0 Å². The van der Waals surface area contributed by atoms with Gasteiger partial charge in [-0.3, -0.25) is 0 Å². The number of anilines is 1. The van der Waals surface area contributed by atoms with Crippen molar-refractivity contribution in [2.45, 2.75) is 12.5 Å². The second-order valence-corrected chi connectivity index (χ2v) is 3.10. The van der Waals surface area contributed by atoms with E-state index in [2.05, 4.69) is 15.1 Å². The highest BCUT2D eigenvalue weighted by Crippen LogP contribution is 2.16. The molecule has 1 aromatic rings. The molecule has 0 unspecified atom stereocenters. The summed E-state index contributed by atoms with van der Waals surface area (Å²) >= 11 is 0. The number of hydrogen-bond donors (Lipinski definition) is 1. The van der Waals surface area contributed by atoms with Crippen molar-refractivity contribution in [3.8, 4) is 0 Å². The van der Waals surface area contributed by atoms with Crippen LogP contribution in [-0.2, 0) is 0 Å². The van der Waals surface area contributed by atoms with Gasteiger partial charge in [0.1, 0.15) is 0 Å². The maximum Gasteiger partial charge on any atom is 0.0729 e. The Hall–Kier alpha value is -1.16. The van der Waals surface area contributed by atoms with Crippen molar-refractivity contribution in [2.75, 3.05) is 18.0 Å². The summed E-state index contributed by atoms with van der Waals surface area (Å²) in [5.74, 6) is 0. The minimum absolute atomic E-state index is 0.318. The van der Waals surface area contributed by atoms with E-state index in [0.29, 0.717) is 6.04 Å². The molecule has 12 heavy (non-hydrogen) atoms. The first-order valence-electron chi connectivity index (χ1n) is 4.13. The highest BCUT2D eigenvalue weighted by molar-refractivity contribution is 5.44. The Bertz CT molecular complexity index is 248. The minimum atomic E-state index is 0.318. The summed E-state index contributed by atoms with van der Waals surface area (Å²) in [6.45, 7) is 1.97. The van der Waals surface area contributed by atoms with Gasteiger partial charge in [0, 0.05) is 19.1 Å². The lowest BCUT2D eigenvalue weighted by Crippen LogP contribution is -2.26. The van der Waals surface area contributed by atoms with Gasteiger partial charge in [-0.2, -0.15) is 10.2 Å². The molecule has 0 aliphatic carbocycles. The molecule has 4 nitrogen and oxygen atoms in total. The fourth-order valence-electron chi connectivity index (χ4n) is 1.49. The molecule has 0 bridgehead atoms. The smallest absolute Gasteiger partial charge is 0.0729 e. The summed E-state index contributed by atoms with van der Waals surface area (Å²) in [5.41, 5.74) is 6.91. The van der Waals surface area contributed by atoms with Crippen molar-refractivity contribution < 1.29 is 0 Å². The summed E-state index contributed by atoms with van der Waals surface area (Å²) in [4.78, 5) is 2.24. The molecule has 1 aliphatic heterocycles. The molecular weight excluding hydrogens is 152 g/mol. The second-order valence-electron chi connectivity index (χ2n) is 3.10. The lowest BCUT2D eigenvalue weighted by Gasteiger charge is -2.16. The average molecular weight is 164 g/mol. The van der Waals surface area contributed by atoms with Crippen LogP contribution in [0.3, 0.4) is 0 Å². The minimum Gasteiger partial charge on any atom is -0.369 e. The van der Waals surface area contributed by atoms with Crippen LogP contribution >= 0.6 is 0 Å². The predicted molar refractivity (Wildman–Crippen MR) is 46.8 cm³/mol. The van der Waals surface area contributed by atoms with Gasteiger partial charge < -0.3 is 10.6 Å². The SMILES string of the molecule is N[C@@H]1CCN(c2ccnnc2)C1. The van der Waals surface area contributed by atoms with Crippen LogP contribution in [0.1, 0.15) is 6.42 Å². The predicted octanol–water partition coefficient (Wildman–Crippen LogP) is 0.0140. The molecule has 1 atom stereocenters. The zero-order valence-corrected chi connectivity index (χ0v) is 6.85. The van der Waals surface area contributed by atoms with E-state index in [1.54, 1.807) is 12.4 Å². The Kier molecular flexibility index (Phi) is 1.91. The van der Waals surface area contributed by atoms with Crippen molar-refractivity contribution >= 4 is 5.69 Å². The topological polar surface area (TPSA) is 55.0 Å². The van der Waals surface area contributed by atoms with Crippen molar-refractivity contribution in [1.29, 1.82) is 0 Å². The average Bonchev–Trinajstić information content (AvgIpc) is 2.54. The molecule has 64 valence electrons. The van der Waals surface area contributed by atoms with Crippen LogP contribution < -0.4 is 10.6 Å². The Morgan fingerprint density at radius 2 is 2.42 bits per heavy atom. The highest BCUT2D eigenvalue weighted by Gasteiger charge is 2.18. The first-order valence-corrected chi connectivity index (χ1v) is 4.13. The quantitative estimate of drug-likeness (QED) is 0.635. The Morgan fingerprint density at radius 1 is 1.50 bits per heavy atom. The number of rotatable bonds is 1. The molecule has 2 heterocycles. The van der Waals surface area contributed by atoms with Crippen LogP contribution in [-0.4, -0.2) is 29.3 Å². The van der Waals surface area contributed by atoms with Gasteiger partial charge in [0.15, 0.2) is 0 Å². The molecule has 2 N–H and O–H groups in total. The maximum atomic E-state index is 5.78. The molecule has 1 aromatic heterocycles. The fraction of sp³-hybridized carbons (Fsp3) is 0.500. The molecule has 1 fully saturated rings. The zero-order valence-electron chi connectivity index (χ0n) is 6.85. The molecule has 2 rings (SSSR count). The monoisotopic (exact) mass is 164 g/mol. The number of aromatic nitrogens is 2. The van der Waals surface area contributed by atoms with Gasteiger partial charge in [0.25, 0.3) is 0 Å². The van der Waals surface area contributed by atoms with Crippen LogP contribution in [0.25, 0.3) is 0 Å².